The van der Waals surface area contributed by atoms with Gasteiger partial charge in [0.2, 0.25) is 5.88 Å². The standard InChI is InChI=1S/C15H9Cl2IN2O/c16-10-5-2-6-11(17)12(10)13-14(20-21-15(13)19)8-3-1-4-9(18)7-8/h1-7H,19H2. The molecule has 0 aliphatic heterocycles. The van der Waals surface area contributed by atoms with Crippen molar-refractivity contribution >= 4 is 51.7 Å². The molecule has 0 fully saturated rings. The molecule has 0 atom stereocenters. The summed E-state index contributed by atoms with van der Waals surface area (Å²) in [6, 6.07) is 13.2. The van der Waals surface area contributed by atoms with E-state index in [0.29, 0.717) is 26.9 Å². The number of hydrogen-bond acceptors (Lipinski definition) is 3. The zero-order valence-corrected chi connectivity index (χ0v) is 14.3. The Labute approximate surface area is 145 Å². The van der Waals surface area contributed by atoms with Crippen LogP contribution in [0, 0.1) is 3.57 Å². The first-order chi connectivity index (χ1) is 10.1. The van der Waals surface area contributed by atoms with Gasteiger partial charge in [-0.1, -0.05) is 46.6 Å². The molecule has 0 aliphatic carbocycles. The molecule has 0 radical (unpaired) electrons. The topological polar surface area (TPSA) is 52.0 Å². The maximum atomic E-state index is 6.27. The Morgan fingerprint density at radius 1 is 1.00 bits per heavy atom. The number of aromatic nitrogens is 1. The third-order valence-electron chi connectivity index (χ3n) is 3.03. The summed E-state index contributed by atoms with van der Waals surface area (Å²) in [6.45, 7) is 0. The van der Waals surface area contributed by atoms with Gasteiger partial charge >= 0.3 is 0 Å². The van der Waals surface area contributed by atoms with Crippen LogP contribution >= 0.6 is 45.8 Å². The minimum atomic E-state index is 0.193. The average Bonchev–Trinajstić information content (AvgIpc) is 2.81. The molecule has 0 saturated heterocycles. The smallest absolute Gasteiger partial charge is 0.230 e. The van der Waals surface area contributed by atoms with Gasteiger partial charge in [-0.05, 0) is 46.9 Å². The van der Waals surface area contributed by atoms with Gasteiger partial charge in [-0.3, -0.25) is 0 Å². The van der Waals surface area contributed by atoms with Crippen molar-refractivity contribution in [2.24, 2.45) is 0 Å². The van der Waals surface area contributed by atoms with E-state index < -0.39 is 0 Å². The molecule has 3 aromatic rings. The Bertz CT molecular complexity index is 797. The number of nitrogen functional groups attached to an aromatic ring is 1. The molecule has 1 aromatic heterocycles. The Morgan fingerprint density at radius 2 is 1.67 bits per heavy atom. The summed E-state index contributed by atoms with van der Waals surface area (Å²) in [5.74, 6) is 0.193. The van der Waals surface area contributed by atoms with Crippen molar-refractivity contribution in [2.45, 2.75) is 0 Å². The third-order valence-corrected chi connectivity index (χ3v) is 4.33. The normalized spacial score (nSPS) is 10.8. The Hall–Kier alpha value is -1.24. The van der Waals surface area contributed by atoms with Crippen LogP contribution in [0.15, 0.2) is 47.0 Å². The summed E-state index contributed by atoms with van der Waals surface area (Å²) >= 11 is 14.8. The van der Waals surface area contributed by atoms with Gasteiger partial charge < -0.3 is 10.3 Å². The number of nitrogens with zero attached hydrogens (tertiary/aromatic N) is 1. The lowest BCUT2D eigenvalue weighted by atomic mass is 10.0. The number of benzene rings is 2. The molecule has 21 heavy (non-hydrogen) atoms. The number of nitrogens with two attached hydrogens (primary N) is 1. The average molecular weight is 431 g/mol. The molecule has 0 spiro atoms. The lowest BCUT2D eigenvalue weighted by Crippen LogP contribution is -1.90. The van der Waals surface area contributed by atoms with Crippen molar-refractivity contribution in [3.63, 3.8) is 0 Å². The highest BCUT2D eigenvalue weighted by Crippen LogP contribution is 2.43. The summed E-state index contributed by atoms with van der Waals surface area (Å²) in [5, 5.41) is 5.07. The van der Waals surface area contributed by atoms with Crippen molar-refractivity contribution in [2.75, 3.05) is 5.73 Å². The fraction of sp³-hybridized carbons (Fsp3) is 0. The van der Waals surface area contributed by atoms with E-state index in [1.54, 1.807) is 18.2 Å². The fourth-order valence-electron chi connectivity index (χ4n) is 2.11. The van der Waals surface area contributed by atoms with E-state index in [4.69, 9.17) is 33.5 Å². The monoisotopic (exact) mass is 430 g/mol. The van der Waals surface area contributed by atoms with Crippen LogP contribution in [0.2, 0.25) is 10.0 Å². The van der Waals surface area contributed by atoms with E-state index in [-0.39, 0.29) is 5.88 Å². The van der Waals surface area contributed by atoms with Crippen LogP contribution in [0.25, 0.3) is 22.4 Å². The highest BCUT2D eigenvalue weighted by molar-refractivity contribution is 14.1. The minimum Gasteiger partial charge on any atom is -0.367 e. The molecule has 3 nitrogen and oxygen atoms in total. The number of rotatable bonds is 2. The molecule has 0 saturated carbocycles. The first-order valence-corrected chi connectivity index (χ1v) is 7.87. The van der Waals surface area contributed by atoms with Gasteiger partial charge in [0.1, 0.15) is 5.69 Å². The lowest BCUT2D eigenvalue weighted by Gasteiger charge is -2.07. The van der Waals surface area contributed by atoms with Gasteiger partial charge in [0, 0.05) is 14.7 Å². The van der Waals surface area contributed by atoms with Crippen LogP contribution in [0.3, 0.4) is 0 Å². The summed E-state index contributed by atoms with van der Waals surface area (Å²) in [6.07, 6.45) is 0. The molecule has 3 rings (SSSR count). The SMILES string of the molecule is Nc1onc(-c2cccc(I)c2)c1-c1c(Cl)cccc1Cl. The second-order valence-corrected chi connectivity index (χ2v) is 6.44. The Balaban J connectivity index is 2.28. The molecule has 0 aliphatic rings. The molecular formula is C15H9Cl2IN2O. The van der Waals surface area contributed by atoms with Crippen LogP contribution in [0.1, 0.15) is 0 Å². The third kappa shape index (κ3) is 2.75. The molecule has 106 valence electrons. The second-order valence-electron chi connectivity index (χ2n) is 4.38. The van der Waals surface area contributed by atoms with Gasteiger partial charge in [-0.25, -0.2) is 0 Å². The zero-order chi connectivity index (χ0) is 15.0. The van der Waals surface area contributed by atoms with Crippen molar-refractivity contribution in [1.82, 2.24) is 5.16 Å². The molecule has 0 unspecified atom stereocenters. The highest BCUT2D eigenvalue weighted by Gasteiger charge is 2.21. The predicted octanol–water partition coefficient (Wildman–Crippen LogP) is 5.50. The molecule has 2 aromatic carbocycles. The van der Waals surface area contributed by atoms with Gasteiger partial charge in [0.15, 0.2) is 0 Å². The molecule has 2 N–H and O–H groups in total. The molecule has 6 heteroatoms. The predicted molar refractivity (Wildman–Crippen MR) is 94.5 cm³/mol. The largest absolute Gasteiger partial charge is 0.367 e. The maximum absolute atomic E-state index is 6.27. The summed E-state index contributed by atoms with van der Waals surface area (Å²) in [5.41, 5.74) is 8.71. The molecule has 0 amide bonds. The van der Waals surface area contributed by atoms with E-state index in [2.05, 4.69) is 27.7 Å². The van der Waals surface area contributed by atoms with E-state index >= 15 is 0 Å². The van der Waals surface area contributed by atoms with Crippen LogP contribution in [0.5, 0.6) is 0 Å². The van der Waals surface area contributed by atoms with Gasteiger partial charge in [0.25, 0.3) is 0 Å². The van der Waals surface area contributed by atoms with Crippen molar-refractivity contribution < 1.29 is 4.52 Å². The van der Waals surface area contributed by atoms with Crippen molar-refractivity contribution in [3.05, 3.63) is 56.1 Å². The van der Waals surface area contributed by atoms with Crippen molar-refractivity contribution in [3.8, 4) is 22.4 Å². The fourth-order valence-corrected chi connectivity index (χ4v) is 3.24. The number of anilines is 1. The quantitative estimate of drug-likeness (QED) is 0.546. The van der Waals surface area contributed by atoms with Gasteiger partial charge in [-0.2, -0.15) is 0 Å². The van der Waals surface area contributed by atoms with E-state index in [0.717, 1.165) is 9.13 Å². The van der Waals surface area contributed by atoms with E-state index in [1.165, 1.54) is 0 Å². The van der Waals surface area contributed by atoms with Gasteiger partial charge in [-0.15, -0.1) is 0 Å². The summed E-state index contributed by atoms with van der Waals surface area (Å²) in [7, 11) is 0. The second kappa shape index (κ2) is 5.87. The van der Waals surface area contributed by atoms with Crippen LogP contribution in [-0.2, 0) is 0 Å². The minimum absolute atomic E-state index is 0.193. The first kappa shape index (κ1) is 14.7. The lowest BCUT2D eigenvalue weighted by molar-refractivity contribution is 0.439. The molecule has 1 heterocycles. The molecule has 0 bridgehead atoms. The first-order valence-electron chi connectivity index (χ1n) is 6.03. The summed E-state index contributed by atoms with van der Waals surface area (Å²) < 4.78 is 6.25. The van der Waals surface area contributed by atoms with E-state index in [9.17, 15) is 0 Å². The molecular weight excluding hydrogens is 422 g/mol. The van der Waals surface area contributed by atoms with Crippen LogP contribution in [-0.4, -0.2) is 5.16 Å². The Kier molecular flexibility index (Phi) is 4.10. The Morgan fingerprint density at radius 3 is 2.33 bits per heavy atom. The number of halogens is 3. The summed E-state index contributed by atoms with van der Waals surface area (Å²) in [4.78, 5) is 0. The highest BCUT2D eigenvalue weighted by atomic mass is 127. The number of hydrogen-bond donors (Lipinski definition) is 1. The van der Waals surface area contributed by atoms with Crippen LogP contribution in [0.4, 0.5) is 5.88 Å². The zero-order valence-electron chi connectivity index (χ0n) is 10.6. The van der Waals surface area contributed by atoms with Crippen molar-refractivity contribution in [1.29, 1.82) is 0 Å². The van der Waals surface area contributed by atoms with Gasteiger partial charge in [0.05, 0.1) is 15.6 Å². The van der Waals surface area contributed by atoms with E-state index in [1.807, 2.05) is 24.3 Å². The van der Waals surface area contributed by atoms with Crippen LogP contribution < -0.4 is 5.73 Å². The maximum Gasteiger partial charge on any atom is 0.230 e.